The van der Waals surface area contributed by atoms with Gasteiger partial charge in [0.05, 0.1) is 19.1 Å². The van der Waals surface area contributed by atoms with Crippen LogP contribution >= 0.6 is 11.8 Å². The molecular weight excluding hydrogens is 324 g/mol. The number of piperidine rings is 1. The summed E-state index contributed by atoms with van der Waals surface area (Å²) in [5.41, 5.74) is 0.843. The minimum Gasteiger partial charge on any atom is -0.342 e. The highest BCUT2D eigenvalue weighted by Gasteiger charge is 2.48. The number of thioether (sulfide) groups is 1. The number of hydrogen-bond acceptors (Lipinski definition) is 4. The van der Waals surface area contributed by atoms with Gasteiger partial charge in [0.25, 0.3) is 0 Å². The third kappa shape index (κ3) is 3.30. The van der Waals surface area contributed by atoms with Crippen LogP contribution in [0.2, 0.25) is 0 Å². The van der Waals surface area contributed by atoms with Crippen LogP contribution in [0, 0.1) is 0 Å². The second-order valence-corrected chi connectivity index (χ2v) is 7.38. The van der Waals surface area contributed by atoms with E-state index < -0.39 is 0 Å². The van der Waals surface area contributed by atoms with Gasteiger partial charge in [-0.25, -0.2) is 5.06 Å². The van der Waals surface area contributed by atoms with E-state index in [9.17, 15) is 9.59 Å². The van der Waals surface area contributed by atoms with E-state index in [-0.39, 0.29) is 17.4 Å². The van der Waals surface area contributed by atoms with Crippen molar-refractivity contribution in [3.63, 3.8) is 0 Å². The third-order valence-corrected chi connectivity index (χ3v) is 5.95. The van der Waals surface area contributed by atoms with Gasteiger partial charge in [-0.15, -0.1) is 11.8 Å². The van der Waals surface area contributed by atoms with Crippen LogP contribution < -0.4 is 0 Å². The van der Waals surface area contributed by atoms with E-state index in [0.29, 0.717) is 25.9 Å². The lowest BCUT2D eigenvalue weighted by Crippen LogP contribution is -2.53. The number of carbonyl (C=O) groups is 2. The molecule has 1 spiro atoms. The summed E-state index contributed by atoms with van der Waals surface area (Å²) >= 11 is 1.70. The minimum absolute atomic E-state index is 0.0613. The molecular formula is C18H24N2O3S. The van der Waals surface area contributed by atoms with Crippen LogP contribution in [0.4, 0.5) is 0 Å². The lowest BCUT2D eigenvalue weighted by molar-refractivity contribution is -0.202. The van der Waals surface area contributed by atoms with E-state index in [1.807, 2.05) is 23.3 Å². The van der Waals surface area contributed by atoms with Crippen molar-refractivity contribution in [3.05, 3.63) is 29.8 Å². The van der Waals surface area contributed by atoms with Crippen molar-refractivity contribution in [1.82, 2.24) is 9.96 Å². The molecule has 5 nitrogen and oxygen atoms in total. The van der Waals surface area contributed by atoms with Crippen molar-refractivity contribution >= 4 is 23.6 Å². The molecule has 6 heteroatoms. The van der Waals surface area contributed by atoms with E-state index in [1.165, 1.54) is 4.90 Å². The predicted octanol–water partition coefficient (Wildman–Crippen LogP) is 2.50. The van der Waals surface area contributed by atoms with Crippen molar-refractivity contribution in [2.75, 3.05) is 26.5 Å². The maximum Gasteiger partial charge on any atom is 0.246 e. The first kappa shape index (κ1) is 17.3. The second-order valence-electron chi connectivity index (χ2n) is 6.50. The molecule has 2 aliphatic heterocycles. The normalized spacial score (nSPS) is 20.0. The van der Waals surface area contributed by atoms with Gasteiger partial charge < -0.3 is 4.90 Å². The van der Waals surface area contributed by atoms with E-state index >= 15 is 0 Å². The van der Waals surface area contributed by atoms with Gasteiger partial charge >= 0.3 is 0 Å². The molecule has 0 bridgehead atoms. The summed E-state index contributed by atoms with van der Waals surface area (Å²) in [5, 5.41) is 1.55. The molecule has 0 unspecified atom stereocenters. The molecule has 1 aromatic carbocycles. The molecule has 2 fully saturated rings. The Morgan fingerprint density at radius 3 is 2.46 bits per heavy atom. The molecule has 3 rings (SSSR count). The summed E-state index contributed by atoms with van der Waals surface area (Å²) in [6.07, 6.45) is 5.45. The molecule has 0 aromatic heterocycles. The summed E-state index contributed by atoms with van der Waals surface area (Å²) < 4.78 is 0. The van der Waals surface area contributed by atoms with Gasteiger partial charge in [0, 0.05) is 24.4 Å². The van der Waals surface area contributed by atoms with Gasteiger partial charge in [-0.05, 0) is 43.2 Å². The lowest BCUT2D eigenvalue weighted by atomic mass is 9.86. The Morgan fingerprint density at radius 2 is 1.88 bits per heavy atom. The zero-order chi connectivity index (χ0) is 17.2. The zero-order valence-corrected chi connectivity index (χ0v) is 15.1. The second kappa shape index (κ2) is 7.15. The van der Waals surface area contributed by atoms with E-state index in [4.69, 9.17) is 4.84 Å². The number of hydroxylamine groups is 2. The van der Waals surface area contributed by atoms with Gasteiger partial charge in [-0.2, -0.15) is 0 Å². The largest absolute Gasteiger partial charge is 0.342 e. The minimum atomic E-state index is -0.206. The molecule has 130 valence electrons. The molecule has 1 aromatic rings. The molecule has 2 heterocycles. The van der Waals surface area contributed by atoms with Crippen LogP contribution in [-0.4, -0.2) is 53.8 Å². The first-order valence-electron chi connectivity index (χ1n) is 8.36. The average molecular weight is 348 g/mol. The fourth-order valence-electron chi connectivity index (χ4n) is 3.76. The summed E-state index contributed by atoms with van der Waals surface area (Å²) in [6.45, 7) is 1.38. The van der Waals surface area contributed by atoms with Gasteiger partial charge in [-0.3, -0.25) is 14.4 Å². The highest BCUT2D eigenvalue weighted by Crippen LogP contribution is 2.39. The maximum absolute atomic E-state index is 12.5. The Balaban J connectivity index is 1.58. The molecule has 2 saturated heterocycles. The average Bonchev–Trinajstić information content (AvgIpc) is 2.91. The van der Waals surface area contributed by atoms with Gasteiger partial charge in [0.2, 0.25) is 11.8 Å². The third-order valence-electron chi connectivity index (χ3n) is 5.21. The molecule has 0 atom stereocenters. The number of carbonyl (C=O) groups excluding carboxylic acids is 2. The van der Waals surface area contributed by atoms with Gasteiger partial charge in [0.1, 0.15) is 0 Å². The topological polar surface area (TPSA) is 49.9 Å². The summed E-state index contributed by atoms with van der Waals surface area (Å²) in [4.78, 5) is 32.9. The molecule has 0 aliphatic carbocycles. The molecule has 0 N–H and O–H groups in total. The number of benzene rings is 1. The van der Waals surface area contributed by atoms with Crippen LogP contribution in [0.15, 0.2) is 29.2 Å². The quantitative estimate of drug-likeness (QED) is 0.785. The Labute approximate surface area is 147 Å². The Bertz CT molecular complexity index is 609. The maximum atomic E-state index is 12.5. The van der Waals surface area contributed by atoms with Crippen molar-refractivity contribution in [1.29, 1.82) is 0 Å². The number of likely N-dealkylation sites (tertiary alicyclic amines) is 1. The van der Waals surface area contributed by atoms with Gasteiger partial charge in [0.15, 0.2) is 0 Å². The predicted molar refractivity (Wildman–Crippen MR) is 93.6 cm³/mol. The van der Waals surface area contributed by atoms with Gasteiger partial charge in [-0.1, -0.05) is 12.1 Å². The first-order chi connectivity index (χ1) is 11.6. The number of amides is 2. The molecule has 2 aliphatic rings. The van der Waals surface area contributed by atoms with Crippen LogP contribution in [0.25, 0.3) is 0 Å². The molecule has 2 amide bonds. The first-order valence-corrected chi connectivity index (χ1v) is 9.58. The van der Waals surface area contributed by atoms with Crippen LogP contribution in [0.1, 0.15) is 31.2 Å². The van der Waals surface area contributed by atoms with Crippen LogP contribution in [0.3, 0.4) is 0 Å². The fourth-order valence-corrected chi connectivity index (χ4v) is 4.17. The van der Waals surface area contributed by atoms with E-state index in [1.54, 1.807) is 23.9 Å². The van der Waals surface area contributed by atoms with Crippen molar-refractivity contribution < 1.29 is 14.4 Å². The zero-order valence-electron chi connectivity index (χ0n) is 14.3. The van der Waals surface area contributed by atoms with E-state index in [0.717, 1.165) is 24.8 Å². The lowest BCUT2D eigenvalue weighted by Gasteiger charge is -2.43. The number of hydrogen-bond donors (Lipinski definition) is 0. The molecule has 0 saturated carbocycles. The van der Waals surface area contributed by atoms with Crippen LogP contribution in [-0.2, 0) is 20.8 Å². The molecule has 0 radical (unpaired) electrons. The Kier molecular flexibility index (Phi) is 5.15. The van der Waals surface area contributed by atoms with Crippen molar-refractivity contribution in [2.24, 2.45) is 0 Å². The summed E-state index contributed by atoms with van der Waals surface area (Å²) in [7, 11) is 1.56. The monoisotopic (exact) mass is 348 g/mol. The summed E-state index contributed by atoms with van der Waals surface area (Å²) in [5.74, 6) is 0.223. The van der Waals surface area contributed by atoms with Crippen molar-refractivity contribution in [3.8, 4) is 0 Å². The van der Waals surface area contributed by atoms with Crippen molar-refractivity contribution in [2.45, 2.75) is 42.5 Å². The van der Waals surface area contributed by atoms with Crippen LogP contribution in [0.5, 0.6) is 0 Å². The highest BCUT2D eigenvalue weighted by molar-refractivity contribution is 7.98. The smallest absolute Gasteiger partial charge is 0.246 e. The van der Waals surface area contributed by atoms with E-state index in [2.05, 4.69) is 12.1 Å². The number of nitrogens with zero attached hydrogens (tertiary/aromatic N) is 2. The Morgan fingerprint density at radius 1 is 1.21 bits per heavy atom. The SMILES string of the molecule is CON1C(=O)CCC12CCN(C(=O)Cc1ccc(SC)cc1)CC2. The molecule has 24 heavy (non-hydrogen) atoms. The Hall–Kier alpha value is -1.53. The fraction of sp³-hybridized carbons (Fsp3) is 0.556. The highest BCUT2D eigenvalue weighted by atomic mass is 32.2. The standard InChI is InChI=1S/C18H24N2O3S/c1-23-20-16(21)7-8-18(20)9-11-19(12-10-18)17(22)13-14-3-5-15(24-2)6-4-14/h3-6H,7-13H2,1-2H3. The summed E-state index contributed by atoms with van der Waals surface area (Å²) in [6, 6.07) is 8.16. The number of rotatable bonds is 4.